The topological polar surface area (TPSA) is 118 Å². The Morgan fingerprint density at radius 3 is 2.17 bits per heavy atom. The molecule has 0 amide bonds. The van der Waals surface area contributed by atoms with Crippen LogP contribution in [-0.2, 0) is 21.9 Å². The summed E-state index contributed by atoms with van der Waals surface area (Å²) in [6.45, 7) is 1.66. The van der Waals surface area contributed by atoms with Crippen LogP contribution in [0.3, 0.4) is 0 Å². The number of carbonyl (C=O) groups is 2. The molecule has 0 aliphatic heterocycles. The molecular weight excluding hydrogens is 354 g/mol. The number of fused-ring (bicyclic) bond motifs is 1. The smallest absolute Gasteiger partial charge is 0.343 e. The Balaban J connectivity index is 0.000000599. The van der Waals surface area contributed by atoms with Crippen LogP contribution in [0, 0.1) is 10.1 Å². The largest absolute Gasteiger partial charge is 0.478 e. The number of allylic oxidation sites excluding steroid dienone is 1. The van der Waals surface area contributed by atoms with E-state index in [1.54, 1.807) is 37.3 Å². The van der Waals surface area contributed by atoms with Gasteiger partial charge in [-0.15, -0.1) is 0 Å². The van der Waals surface area contributed by atoms with Crippen LogP contribution >= 0.6 is 0 Å². The first-order chi connectivity index (χ1) is 10.4. The number of carboxylic acid groups (broad SMARTS) is 2. The molecule has 0 saturated heterocycles. The SMILES string of the molecule is CC=CC(=O)O.O=C(O)c1c([N+](=O)[O-])ccc2ccccc12.[Cu]. The summed E-state index contributed by atoms with van der Waals surface area (Å²) in [5.74, 6) is -2.18. The molecule has 125 valence electrons. The minimum atomic E-state index is -1.29. The molecule has 7 nitrogen and oxygen atoms in total. The van der Waals surface area contributed by atoms with Gasteiger partial charge >= 0.3 is 11.9 Å². The summed E-state index contributed by atoms with van der Waals surface area (Å²) in [5.41, 5.74) is -0.644. The summed E-state index contributed by atoms with van der Waals surface area (Å²) < 4.78 is 0. The van der Waals surface area contributed by atoms with Gasteiger partial charge in [0.25, 0.3) is 5.69 Å². The molecule has 23 heavy (non-hydrogen) atoms. The van der Waals surface area contributed by atoms with E-state index in [-0.39, 0.29) is 28.3 Å². The van der Waals surface area contributed by atoms with Crippen molar-refractivity contribution in [1.82, 2.24) is 0 Å². The Morgan fingerprint density at radius 1 is 1.13 bits per heavy atom. The molecule has 2 aromatic rings. The van der Waals surface area contributed by atoms with E-state index in [0.29, 0.717) is 10.8 Å². The predicted molar refractivity (Wildman–Crippen MR) is 80.0 cm³/mol. The fraction of sp³-hybridized carbons (Fsp3) is 0.0667. The first-order valence-electron chi connectivity index (χ1n) is 6.13. The van der Waals surface area contributed by atoms with Crippen molar-refractivity contribution in [2.75, 3.05) is 0 Å². The standard InChI is InChI=1S/C11H7NO4.C4H6O2.Cu/c13-11(14)10-8-4-2-1-3-7(8)5-6-9(10)12(15)16;1-2-3-4(5)6;/h1-6H,(H,13,14);2-3H,1H3,(H,5,6);. The molecule has 1 radical (unpaired) electrons. The quantitative estimate of drug-likeness (QED) is 0.373. The molecule has 0 aromatic heterocycles. The predicted octanol–water partition coefficient (Wildman–Crippen LogP) is 3.09. The van der Waals surface area contributed by atoms with Crippen LogP contribution in [0.5, 0.6) is 0 Å². The molecule has 2 aromatic carbocycles. The van der Waals surface area contributed by atoms with Crippen LogP contribution in [0.15, 0.2) is 48.6 Å². The molecule has 0 spiro atoms. The van der Waals surface area contributed by atoms with Crippen LogP contribution in [0.2, 0.25) is 0 Å². The van der Waals surface area contributed by atoms with Gasteiger partial charge in [-0.3, -0.25) is 10.1 Å². The Kier molecular flexibility index (Phi) is 8.25. The first-order valence-corrected chi connectivity index (χ1v) is 6.13. The van der Waals surface area contributed by atoms with E-state index in [9.17, 15) is 19.7 Å². The molecule has 2 N–H and O–H groups in total. The number of hydrogen-bond acceptors (Lipinski definition) is 4. The van der Waals surface area contributed by atoms with Crippen LogP contribution < -0.4 is 0 Å². The van der Waals surface area contributed by atoms with Crippen molar-refractivity contribution in [2.45, 2.75) is 6.92 Å². The average molecular weight is 367 g/mol. The maximum Gasteiger partial charge on any atom is 0.343 e. The summed E-state index contributed by atoms with van der Waals surface area (Å²) >= 11 is 0. The van der Waals surface area contributed by atoms with Crippen molar-refractivity contribution in [3.63, 3.8) is 0 Å². The van der Waals surface area contributed by atoms with Crippen molar-refractivity contribution >= 4 is 28.4 Å². The summed E-state index contributed by atoms with van der Waals surface area (Å²) in [5, 5.41) is 28.6. The Morgan fingerprint density at radius 2 is 1.74 bits per heavy atom. The number of aromatic carboxylic acids is 1. The van der Waals surface area contributed by atoms with E-state index in [2.05, 4.69) is 0 Å². The zero-order valence-electron chi connectivity index (χ0n) is 11.9. The molecule has 0 aliphatic carbocycles. The van der Waals surface area contributed by atoms with Gasteiger partial charge in [0.2, 0.25) is 0 Å². The van der Waals surface area contributed by atoms with E-state index >= 15 is 0 Å². The molecule has 0 bridgehead atoms. The number of aliphatic carboxylic acids is 1. The fourth-order valence-corrected chi connectivity index (χ4v) is 1.78. The zero-order chi connectivity index (χ0) is 16.7. The molecule has 0 atom stereocenters. The fourth-order valence-electron chi connectivity index (χ4n) is 1.78. The second-order valence-electron chi connectivity index (χ2n) is 4.08. The van der Waals surface area contributed by atoms with E-state index in [1.807, 2.05) is 0 Å². The van der Waals surface area contributed by atoms with E-state index in [4.69, 9.17) is 10.2 Å². The van der Waals surface area contributed by atoms with E-state index < -0.39 is 16.9 Å². The molecule has 0 heterocycles. The molecule has 2 rings (SSSR count). The maximum absolute atomic E-state index is 11.0. The number of nitro benzene ring substituents is 1. The minimum Gasteiger partial charge on any atom is -0.478 e. The summed E-state index contributed by atoms with van der Waals surface area (Å²) in [4.78, 5) is 30.6. The second-order valence-corrected chi connectivity index (χ2v) is 4.08. The number of rotatable bonds is 3. The number of nitrogens with zero attached hydrogens (tertiary/aromatic N) is 1. The van der Waals surface area contributed by atoms with Crippen molar-refractivity contribution < 1.29 is 41.8 Å². The van der Waals surface area contributed by atoms with Crippen LogP contribution in [-0.4, -0.2) is 27.1 Å². The third-order valence-corrected chi connectivity index (χ3v) is 2.63. The second kappa shape index (κ2) is 9.34. The van der Waals surface area contributed by atoms with Crippen molar-refractivity contribution in [3.8, 4) is 0 Å². The summed E-state index contributed by atoms with van der Waals surface area (Å²) in [6.07, 6.45) is 2.56. The molecule has 0 unspecified atom stereocenters. The Bertz CT molecular complexity index is 757. The molecular formula is C15H13CuNO6. The van der Waals surface area contributed by atoms with E-state index in [1.165, 1.54) is 12.1 Å². The summed E-state index contributed by atoms with van der Waals surface area (Å²) in [6, 6.07) is 9.43. The van der Waals surface area contributed by atoms with Gasteiger partial charge in [-0.25, -0.2) is 9.59 Å². The third-order valence-electron chi connectivity index (χ3n) is 2.63. The van der Waals surface area contributed by atoms with Gasteiger partial charge in [-0.05, 0) is 18.4 Å². The number of nitro groups is 1. The van der Waals surface area contributed by atoms with Gasteiger partial charge in [0.1, 0.15) is 5.56 Å². The van der Waals surface area contributed by atoms with Crippen LogP contribution in [0.4, 0.5) is 5.69 Å². The molecule has 0 saturated carbocycles. The number of carboxylic acids is 2. The zero-order valence-corrected chi connectivity index (χ0v) is 12.8. The maximum atomic E-state index is 11.0. The van der Waals surface area contributed by atoms with Gasteiger partial charge in [0.15, 0.2) is 0 Å². The number of benzene rings is 2. The van der Waals surface area contributed by atoms with Crippen LogP contribution in [0.1, 0.15) is 17.3 Å². The van der Waals surface area contributed by atoms with Crippen molar-refractivity contribution in [2.24, 2.45) is 0 Å². The number of hydrogen-bond donors (Lipinski definition) is 2. The van der Waals surface area contributed by atoms with Gasteiger partial charge in [-0.1, -0.05) is 30.3 Å². The Labute approximate surface area is 141 Å². The van der Waals surface area contributed by atoms with Crippen molar-refractivity contribution in [1.29, 1.82) is 0 Å². The first kappa shape index (κ1) is 20.3. The molecule has 8 heteroatoms. The minimum absolute atomic E-state index is 0. The van der Waals surface area contributed by atoms with Crippen molar-refractivity contribution in [3.05, 3.63) is 64.2 Å². The Hall–Kier alpha value is -2.70. The monoisotopic (exact) mass is 366 g/mol. The van der Waals surface area contributed by atoms with Gasteiger partial charge in [0.05, 0.1) is 4.92 Å². The van der Waals surface area contributed by atoms with Crippen LogP contribution in [0.25, 0.3) is 10.8 Å². The van der Waals surface area contributed by atoms with Gasteiger partial charge in [0, 0.05) is 34.6 Å². The van der Waals surface area contributed by atoms with E-state index in [0.717, 1.165) is 6.08 Å². The van der Waals surface area contributed by atoms with Gasteiger partial charge in [-0.2, -0.15) is 0 Å². The van der Waals surface area contributed by atoms with Gasteiger partial charge < -0.3 is 10.2 Å². The normalized spacial score (nSPS) is 9.61. The average Bonchev–Trinajstić information content (AvgIpc) is 2.46. The third kappa shape index (κ3) is 5.54. The molecule has 0 fully saturated rings. The molecule has 0 aliphatic rings. The summed E-state index contributed by atoms with van der Waals surface area (Å²) in [7, 11) is 0.